The Balaban J connectivity index is 0.00000120. The lowest BCUT2D eigenvalue weighted by molar-refractivity contribution is 0.291. The number of halogens is 2. The van der Waals surface area contributed by atoms with Gasteiger partial charge in [-0.2, -0.15) is 4.98 Å². The number of ether oxygens (including phenoxy) is 1. The minimum Gasteiger partial charge on any atom is -0.473 e. The van der Waals surface area contributed by atoms with Gasteiger partial charge in [-0.05, 0) is 25.8 Å². The third-order valence-corrected chi connectivity index (χ3v) is 3.17. The summed E-state index contributed by atoms with van der Waals surface area (Å²) in [6.45, 7) is 1.99. The van der Waals surface area contributed by atoms with E-state index in [-0.39, 0.29) is 12.4 Å². The minimum absolute atomic E-state index is 0. The normalized spacial score (nSPS) is 22.4. The summed E-state index contributed by atoms with van der Waals surface area (Å²) in [7, 11) is 0. The molecule has 1 atom stereocenters. The summed E-state index contributed by atoms with van der Waals surface area (Å²) in [5, 5.41) is 7.04. The summed E-state index contributed by atoms with van der Waals surface area (Å²) in [4.78, 5) is 8.48. The molecule has 0 amide bonds. The third kappa shape index (κ3) is 3.37. The van der Waals surface area contributed by atoms with E-state index in [0.29, 0.717) is 29.0 Å². The smallest absolute Gasteiger partial charge is 0.237 e. The molecule has 1 aliphatic carbocycles. The van der Waals surface area contributed by atoms with E-state index in [2.05, 4.69) is 20.6 Å². The van der Waals surface area contributed by atoms with Gasteiger partial charge in [0.25, 0.3) is 0 Å². The molecule has 2 N–H and O–H groups in total. The molecule has 5 nitrogen and oxygen atoms in total. The van der Waals surface area contributed by atoms with Crippen molar-refractivity contribution in [2.45, 2.75) is 31.4 Å². The fourth-order valence-electron chi connectivity index (χ4n) is 1.81. The van der Waals surface area contributed by atoms with Crippen LogP contribution in [0.4, 0.5) is 5.95 Å². The first-order valence-corrected chi connectivity index (χ1v) is 6.35. The molecular weight excluding hydrogens is 275 g/mol. The average Bonchev–Trinajstić information content (AvgIpc) is 2.98. The van der Waals surface area contributed by atoms with Crippen LogP contribution in [0.15, 0.2) is 6.20 Å². The Morgan fingerprint density at radius 1 is 1.39 bits per heavy atom. The van der Waals surface area contributed by atoms with Crippen molar-refractivity contribution in [2.24, 2.45) is 0 Å². The van der Waals surface area contributed by atoms with Gasteiger partial charge in [-0.1, -0.05) is 11.6 Å². The molecule has 1 saturated carbocycles. The van der Waals surface area contributed by atoms with Crippen molar-refractivity contribution >= 4 is 30.0 Å². The molecule has 1 aliphatic heterocycles. The van der Waals surface area contributed by atoms with E-state index in [9.17, 15) is 0 Å². The van der Waals surface area contributed by atoms with Gasteiger partial charge in [0.05, 0.1) is 6.20 Å². The molecule has 0 radical (unpaired) electrons. The summed E-state index contributed by atoms with van der Waals surface area (Å²) in [6, 6.07) is 0.393. The van der Waals surface area contributed by atoms with Gasteiger partial charge in [-0.25, -0.2) is 4.98 Å². The summed E-state index contributed by atoms with van der Waals surface area (Å²) >= 11 is 5.99. The summed E-state index contributed by atoms with van der Waals surface area (Å²) in [5.74, 6) is 1.09. The van der Waals surface area contributed by atoms with E-state index in [1.807, 2.05) is 0 Å². The monoisotopic (exact) mass is 290 g/mol. The van der Waals surface area contributed by atoms with Gasteiger partial charge in [0.15, 0.2) is 0 Å². The van der Waals surface area contributed by atoms with E-state index in [0.717, 1.165) is 32.4 Å². The second kappa shape index (κ2) is 5.91. The van der Waals surface area contributed by atoms with Crippen LogP contribution >= 0.6 is 24.0 Å². The molecule has 0 aromatic carbocycles. The molecule has 0 spiro atoms. The molecule has 2 fully saturated rings. The van der Waals surface area contributed by atoms with Gasteiger partial charge in [-0.3, -0.25) is 0 Å². The number of hydrogen-bond donors (Lipinski definition) is 2. The van der Waals surface area contributed by atoms with E-state index >= 15 is 0 Å². The first-order chi connectivity index (χ1) is 8.31. The molecule has 2 heterocycles. The molecular formula is C11H16Cl2N4O. The van der Waals surface area contributed by atoms with Gasteiger partial charge in [0.2, 0.25) is 11.8 Å². The van der Waals surface area contributed by atoms with Crippen molar-refractivity contribution < 1.29 is 4.74 Å². The van der Waals surface area contributed by atoms with Crippen molar-refractivity contribution in [3.05, 3.63) is 11.2 Å². The quantitative estimate of drug-likeness (QED) is 0.887. The second-order valence-electron chi connectivity index (χ2n) is 4.50. The van der Waals surface area contributed by atoms with Crippen LogP contribution in [0.5, 0.6) is 5.88 Å². The Hall–Kier alpha value is -0.780. The van der Waals surface area contributed by atoms with E-state index in [1.165, 1.54) is 0 Å². The topological polar surface area (TPSA) is 59.1 Å². The first kappa shape index (κ1) is 13.6. The number of hydrogen-bond acceptors (Lipinski definition) is 5. The zero-order valence-electron chi connectivity index (χ0n) is 9.86. The molecule has 7 heteroatoms. The highest BCUT2D eigenvalue weighted by atomic mass is 35.5. The van der Waals surface area contributed by atoms with Gasteiger partial charge >= 0.3 is 0 Å². The Morgan fingerprint density at radius 3 is 2.89 bits per heavy atom. The summed E-state index contributed by atoms with van der Waals surface area (Å²) in [6.07, 6.45) is 5.16. The molecule has 3 rings (SSSR count). The van der Waals surface area contributed by atoms with Crippen molar-refractivity contribution in [1.82, 2.24) is 15.3 Å². The predicted octanol–water partition coefficient (Wildman–Crippen LogP) is 1.87. The predicted molar refractivity (Wildman–Crippen MR) is 72.8 cm³/mol. The molecule has 18 heavy (non-hydrogen) atoms. The zero-order chi connectivity index (χ0) is 11.7. The Bertz CT molecular complexity index is 408. The third-order valence-electron chi connectivity index (χ3n) is 2.91. The summed E-state index contributed by atoms with van der Waals surface area (Å²) < 4.78 is 5.62. The molecule has 100 valence electrons. The van der Waals surface area contributed by atoms with Crippen LogP contribution in [-0.2, 0) is 0 Å². The van der Waals surface area contributed by atoms with E-state index < -0.39 is 0 Å². The van der Waals surface area contributed by atoms with Gasteiger partial charge in [0.1, 0.15) is 11.1 Å². The Morgan fingerprint density at radius 2 is 2.22 bits per heavy atom. The van der Waals surface area contributed by atoms with Gasteiger partial charge in [0, 0.05) is 12.6 Å². The molecule has 1 aromatic heterocycles. The van der Waals surface area contributed by atoms with Crippen LogP contribution in [0, 0.1) is 0 Å². The first-order valence-electron chi connectivity index (χ1n) is 5.98. The van der Waals surface area contributed by atoms with Crippen LogP contribution in [0.1, 0.15) is 19.3 Å². The minimum atomic E-state index is 0. The second-order valence-corrected chi connectivity index (χ2v) is 4.91. The van der Waals surface area contributed by atoms with Gasteiger partial charge < -0.3 is 15.4 Å². The van der Waals surface area contributed by atoms with Crippen LogP contribution in [0.2, 0.25) is 5.02 Å². The van der Waals surface area contributed by atoms with E-state index in [4.69, 9.17) is 16.3 Å². The van der Waals surface area contributed by atoms with Crippen LogP contribution < -0.4 is 15.4 Å². The number of nitrogens with zero attached hydrogens (tertiary/aromatic N) is 2. The number of nitrogens with one attached hydrogen (secondary N) is 2. The molecule has 0 bridgehead atoms. The highest BCUT2D eigenvalue weighted by Gasteiger charge is 2.25. The molecule has 2 aliphatic rings. The van der Waals surface area contributed by atoms with Crippen molar-refractivity contribution in [1.29, 1.82) is 0 Å². The Labute approximate surface area is 117 Å². The maximum absolute atomic E-state index is 5.99. The van der Waals surface area contributed by atoms with Crippen molar-refractivity contribution in [2.75, 3.05) is 18.4 Å². The van der Waals surface area contributed by atoms with Gasteiger partial charge in [-0.15, -0.1) is 12.4 Å². The van der Waals surface area contributed by atoms with Crippen LogP contribution in [0.3, 0.4) is 0 Å². The number of anilines is 1. The lowest BCUT2D eigenvalue weighted by Gasteiger charge is -2.12. The van der Waals surface area contributed by atoms with Crippen LogP contribution in [-0.4, -0.2) is 35.2 Å². The standard InChI is InChI=1S/C11H15ClN4O.ClH/c12-9-6-14-11(15-7-3-4-13-5-7)16-10(9)17-8-1-2-8;/h6-8,13H,1-5H2,(H,14,15,16);1H/t7-;/m1./s1. The maximum atomic E-state index is 5.99. The number of rotatable bonds is 4. The van der Waals surface area contributed by atoms with E-state index in [1.54, 1.807) is 6.20 Å². The van der Waals surface area contributed by atoms with Crippen molar-refractivity contribution in [3.8, 4) is 5.88 Å². The van der Waals surface area contributed by atoms with Crippen LogP contribution in [0.25, 0.3) is 0 Å². The molecule has 1 saturated heterocycles. The average molecular weight is 291 g/mol. The molecule has 0 unspecified atom stereocenters. The lowest BCUT2D eigenvalue weighted by Crippen LogP contribution is -2.23. The highest BCUT2D eigenvalue weighted by molar-refractivity contribution is 6.31. The number of aromatic nitrogens is 2. The Kier molecular flexibility index (Phi) is 4.48. The lowest BCUT2D eigenvalue weighted by atomic mass is 10.3. The molecule has 1 aromatic rings. The summed E-state index contributed by atoms with van der Waals surface area (Å²) in [5.41, 5.74) is 0. The fraction of sp³-hybridized carbons (Fsp3) is 0.636. The largest absolute Gasteiger partial charge is 0.473 e. The SMILES string of the molecule is Cl.Clc1cnc(N[C@@H]2CCNC2)nc1OC1CC1. The highest BCUT2D eigenvalue weighted by Crippen LogP contribution is 2.30. The maximum Gasteiger partial charge on any atom is 0.237 e. The fourth-order valence-corrected chi connectivity index (χ4v) is 1.94. The van der Waals surface area contributed by atoms with Crippen molar-refractivity contribution in [3.63, 3.8) is 0 Å². The zero-order valence-corrected chi connectivity index (χ0v) is 11.4.